The fourth-order valence-corrected chi connectivity index (χ4v) is 2.94. The van der Waals surface area contributed by atoms with Gasteiger partial charge in [0.2, 0.25) is 0 Å². The minimum absolute atomic E-state index is 0.204. The molecule has 0 radical (unpaired) electrons. The molecule has 9 heteroatoms. The Labute approximate surface area is 139 Å². The molecular weight excluding hydrogens is 330 g/mol. The minimum Gasteiger partial charge on any atom is -0.478 e. The molecule has 0 bridgehead atoms. The van der Waals surface area contributed by atoms with Crippen LogP contribution < -0.4 is 0 Å². The van der Waals surface area contributed by atoms with E-state index in [1.807, 2.05) is 13.1 Å². The van der Waals surface area contributed by atoms with Gasteiger partial charge in [-0.15, -0.1) is 10.2 Å². The predicted octanol–water partition coefficient (Wildman–Crippen LogP) is 2.80. The number of carboxylic acid groups (broad SMARTS) is 1. The molecule has 3 heterocycles. The van der Waals surface area contributed by atoms with Crippen LogP contribution in [-0.2, 0) is 7.05 Å². The van der Waals surface area contributed by atoms with E-state index in [4.69, 9.17) is 9.52 Å². The molecule has 2 N–H and O–H groups in total. The van der Waals surface area contributed by atoms with Gasteiger partial charge in [0.25, 0.3) is 0 Å². The molecule has 0 fully saturated rings. The largest absolute Gasteiger partial charge is 0.478 e. The molecule has 3 aromatic heterocycles. The first kappa shape index (κ1) is 14.5. The summed E-state index contributed by atoms with van der Waals surface area (Å²) in [5.41, 5.74) is 1.52. The normalized spacial score (nSPS) is 11.2. The topological polar surface area (TPSA) is 110 Å². The number of hydrogen-bond donors (Lipinski definition) is 2. The first-order chi connectivity index (χ1) is 11.6. The van der Waals surface area contributed by atoms with Gasteiger partial charge in [0.15, 0.2) is 21.8 Å². The van der Waals surface area contributed by atoms with Gasteiger partial charge in [0.05, 0.1) is 16.6 Å². The van der Waals surface area contributed by atoms with Crippen LogP contribution in [0.1, 0.15) is 10.4 Å². The number of benzene rings is 1. The number of nitrogens with zero attached hydrogens (tertiary/aromatic N) is 4. The molecule has 1 aromatic carbocycles. The summed E-state index contributed by atoms with van der Waals surface area (Å²) < 4.78 is 7.57. The lowest BCUT2D eigenvalue weighted by Crippen LogP contribution is -1.94. The molecule has 4 rings (SSSR count). The fourth-order valence-electron chi connectivity index (χ4n) is 2.22. The summed E-state index contributed by atoms with van der Waals surface area (Å²) in [5.74, 6) is 0.124. The number of nitrogens with one attached hydrogen (secondary N) is 1. The molecule has 0 amide bonds. The van der Waals surface area contributed by atoms with Crippen molar-refractivity contribution in [3.05, 3.63) is 42.2 Å². The first-order valence-corrected chi connectivity index (χ1v) is 7.77. The Balaban J connectivity index is 1.65. The SMILES string of the molecule is Cn1cnnc1Sc1ccc(-c2nc3ccc(C(=O)O)cc3[nH]2)o1. The molecule has 0 spiro atoms. The Hall–Kier alpha value is -3.07. The lowest BCUT2D eigenvalue weighted by molar-refractivity contribution is 0.0697. The summed E-state index contributed by atoms with van der Waals surface area (Å²) in [4.78, 5) is 18.5. The average Bonchev–Trinajstić information content (AvgIpc) is 3.27. The quantitative estimate of drug-likeness (QED) is 0.587. The Kier molecular flexibility index (Phi) is 3.35. The lowest BCUT2D eigenvalue weighted by atomic mass is 10.2. The van der Waals surface area contributed by atoms with Gasteiger partial charge >= 0.3 is 5.97 Å². The number of aromatic nitrogens is 5. The smallest absolute Gasteiger partial charge is 0.335 e. The molecule has 120 valence electrons. The molecule has 0 aliphatic rings. The van der Waals surface area contributed by atoms with Gasteiger partial charge in [-0.1, -0.05) is 0 Å². The van der Waals surface area contributed by atoms with Crippen molar-refractivity contribution in [3.63, 3.8) is 0 Å². The molecule has 0 unspecified atom stereocenters. The van der Waals surface area contributed by atoms with E-state index in [9.17, 15) is 4.79 Å². The Morgan fingerprint density at radius 3 is 2.96 bits per heavy atom. The van der Waals surface area contributed by atoms with Crippen LogP contribution in [0.15, 0.2) is 51.3 Å². The number of imidazole rings is 1. The Bertz CT molecular complexity index is 1050. The van der Waals surface area contributed by atoms with E-state index in [1.54, 1.807) is 29.1 Å². The van der Waals surface area contributed by atoms with Crippen molar-refractivity contribution < 1.29 is 14.3 Å². The Morgan fingerprint density at radius 1 is 1.33 bits per heavy atom. The molecule has 8 nitrogen and oxygen atoms in total. The third-order valence-corrected chi connectivity index (χ3v) is 4.38. The number of carboxylic acids is 1. The number of fused-ring (bicyclic) bond motifs is 1. The van der Waals surface area contributed by atoms with E-state index in [0.717, 1.165) is 0 Å². The van der Waals surface area contributed by atoms with Gasteiger partial charge in [-0.05, 0) is 42.1 Å². The van der Waals surface area contributed by atoms with Gasteiger partial charge < -0.3 is 19.1 Å². The zero-order chi connectivity index (χ0) is 16.7. The maximum Gasteiger partial charge on any atom is 0.335 e. The number of hydrogen-bond acceptors (Lipinski definition) is 6. The predicted molar refractivity (Wildman–Crippen MR) is 85.9 cm³/mol. The van der Waals surface area contributed by atoms with Gasteiger partial charge in [-0.2, -0.15) is 0 Å². The zero-order valence-electron chi connectivity index (χ0n) is 12.4. The number of aryl methyl sites for hydroxylation is 1. The van der Waals surface area contributed by atoms with Gasteiger partial charge in [0.1, 0.15) is 6.33 Å². The molecule has 0 aliphatic heterocycles. The molecule has 24 heavy (non-hydrogen) atoms. The number of rotatable bonds is 4. The highest BCUT2D eigenvalue weighted by atomic mass is 32.2. The number of furan rings is 1. The molecule has 0 saturated heterocycles. The molecule has 4 aromatic rings. The molecular formula is C15H11N5O3S. The van der Waals surface area contributed by atoms with Crippen molar-refractivity contribution in [3.8, 4) is 11.6 Å². The summed E-state index contributed by atoms with van der Waals surface area (Å²) in [6.07, 6.45) is 1.62. The van der Waals surface area contributed by atoms with E-state index >= 15 is 0 Å². The second kappa shape index (κ2) is 5.53. The van der Waals surface area contributed by atoms with E-state index in [-0.39, 0.29) is 5.56 Å². The van der Waals surface area contributed by atoms with E-state index in [1.165, 1.54) is 17.8 Å². The van der Waals surface area contributed by atoms with Crippen LogP contribution >= 0.6 is 11.8 Å². The van der Waals surface area contributed by atoms with Crippen LogP contribution in [0.25, 0.3) is 22.6 Å². The average molecular weight is 341 g/mol. The van der Waals surface area contributed by atoms with Crippen LogP contribution in [0.5, 0.6) is 0 Å². The van der Waals surface area contributed by atoms with E-state index < -0.39 is 5.97 Å². The highest BCUT2D eigenvalue weighted by Gasteiger charge is 2.13. The highest BCUT2D eigenvalue weighted by Crippen LogP contribution is 2.31. The second-order valence-electron chi connectivity index (χ2n) is 5.07. The van der Waals surface area contributed by atoms with Crippen molar-refractivity contribution >= 4 is 28.8 Å². The van der Waals surface area contributed by atoms with Crippen molar-refractivity contribution in [2.45, 2.75) is 10.2 Å². The second-order valence-corrected chi connectivity index (χ2v) is 6.04. The molecule has 0 saturated carbocycles. The monoisotopic (exact) mass is 341 g/mol. The third kappa shape index (κ3) is 2.54. The minimum atomic E-state index is -0.978. The summed E-state index contributed by atoms with van der Waals surface area (Å²) in [5, 5.41) is 18.2. The van der Waals surface area contributed by atoms with Gasteiger partial charge in [-0.3, -0.25) is 0 Å². The number of aromatic carboxylic acids is 1. The van der Waals surface area contributed by atoms with Crippen molar-refractivity contribution in [1.82, 2.24) is 24.7 Å². The fraction of sp³-hybridized carbons (Fsp3) is 0.0667. The lowest BCUT2D eigenvalue weighted by Gasteiger charge is -1.95. The standard InChI is InChI=1S/C15H11N5O3S/c1-20-7-16-19-15(20)24-12-5-4-11(23-12)13-17-9-3-2-8(14(21)22)6-10(9)18-13/h2-7H,1H3,(H,17,18)(H,21,22). The summed E-state index contributed by atoms with van der Waals surface area (Å²) in [6, 6.07) is 8.36. The van der Waals surface area contributed by atoms with Crippen molar-refractivity contribution in [2.24, 2.45) is 7.05 Å². The van der Waals surface area contributed by atoms with E-state index in [0.29, 0.717) is 32.9 Å². The number of aromatic amines is 1. The van der Waals surface area contributed by atoms with Gasteiger partial charge in [-0.25, -0.2) is 9.78 Å². The molecule has 0 atom stereocenters. The summed E-state index contributed by atoms with van der Waals surface area (Å²) >= 11 is 1.35. The van der Waals surface area contributed by atoms with Crippen LogP contribution in [0.3, 0.4) is 0 Å². The summed E-state index contributed by atoms with van der Waals surface area (Å²) in [6.45, 7) is 0. The maximum absolute atomic E-state index is 11.0. The third-order valence-electron chi connectivity index (χ3n) is 3.41. The van der Waals surface area contributed by atoms with Crippen LogP contribution in [-0.4, -0.2) is 35.8 Å². The maximum atomic E-state index is 11.0. The number of H-pyrrole nitrogens is 1. The van der Waals surface area contributed by atoms with Crippen LogP contribution in [0.4, 0.5) is 0 Å². The molecule has 0 aliphatic carbocycles. The zero-order valence-corrected chi connectivity index (χ0v) is 13.2. The number of carbonyl (C=O) groups is 1. The Morgan fingerprint density at radius 2 is 2.21 bits per heavy atom. The highest BCUT2D eigenvalue weighted by molar-refractivity contribution is 7.99. The van der Waals surface area contributed by atoms with Crippen molar-refractivity contribution in [2.75, 3.05) is 0 Å². The van der Waals surface area contributed by atoms with Crippen LogP contribution in [0.2, 0.25) is 0 Å². The van der Waals surface area contributed by atoms with Crippen LogP contribution in [0, 0.1) is 0 Å². The van der Waals surface area contributed by atoms with Gasteiger partial charge in [0, 0.05) is 7.05 Å². The van der Waals surface area contributed by atoms with E-state index in [2.05, 4.69) is 20.2 Å². The van der Waals surface area contributed by atoms with Crippen molar-refractivity contribution in [1.29, 1.82) is 0 Å². The first-order valence-electron chi connectivity index (χ1n) is 6.95. The summed E-state index contributed by atoms with van der Waals surface area (Å²) in [7, 11) is 1.85.